The quantitative estimate of drug-likeness (QED) is 0.168. The molecule has 0 saturated carbocycles. The molecule has 0 spiro atoms. The minimum atomic E-state index is 0.139. The van der Waals surface area contributed by atoms with E-state index in [-0.39, 0.29) is 5.92 Å². The minimum absolute atomic E-state index is 0.139. The van der Waals surface area contributed by atoms with Crippen molar-refractivity contribution >= 4 is 70.5 Å². The molecule has 0 N–H and O–H groups in total. The molecular formula is C55H35NOS. The fourth-order valence-electron chi connectivity index (χ4n) is 9.20. The molecule has 58 heavy (non-hydrogen) atoms. The molecule has 3 heteroatoms. The van der Waals surface area contributed by atoms with Gasteiger partial charge < -0.3 is 9.32 Å². The number of benzene rings is 9. The number of rotatable bonds is 6. The summed E-state index contributed by atoms with van der Waals surface area (Å²) in [6, 6.07) is 75.2. The predicted octanol–water partition coefficient (Wildman–Crippen LogP) is 15.9. The number of nitrogens with zero attached hydrogens (tertiary/aromatic N) is 1. The van der Waals surface area contributed by atoms with Crippen molar-refractivity contribution in [3.8, 4) is 33.4 Å². The van der Waals surface area contributed by atoms with E-state index in [1.54, 1.807) is 0 Å². The van der Waals surface area contributed by atoms with Crippen molar-refractivity contribution in [2.45, 2.75) is 5.92 Å². The van der Waals surface area contributed by atoms with Gasteiger partial charge in [0.05, 0.1) is 0 Å². The zero-order valence-corrected chi connectivity index (χ0v) is 32.3. The van der Waals surface area contributed by atoms with Gasteiger partial charge in [-0.15, -0.1) is 11.3 Å². The smallest absolute Gasteiger partial charge is 0.135 e. The summed E-state index contributed by atoms with van der Waals surface area (Å²) in [5.41, 5.74) is 16.6. The minimum Gasteiger partial charge on any atom is -0.456 e. The van der Waals surface area contributed by atoms with Crippen molar-refractivity contribution in [2.75, 3.05) is 4.90 Å². The van der Waals surface area contributed by atoms with E-state index in [0.717, 1.165) is 39.0 Å². The molecule has 1 atom stereocenters. The lowest BCUT2D eigenvalue weighted by atomic mass is 9.88. The number of hydrogen-bond acceptors (Lipinski definition) is 3. The van der Waals surface area contributed by atoms with E-state index in [1.807, 2.05) is 17.4 Å². The first-order valence-electron chi connectivity index (χ1n) is 19.9. The van der Waals surface area contributed by atoms with Gasteiger partial charge in [0.15, 0.2) is 0 Å². The van der Waals surface area contributed by atoms with Crippen LogP contribution in [0.2, 0.25) is 0 Å². The van der Waals surface area contributed by atoms with Gasteiger partial charge in [0, 0.05) is 53.9 Å². The molecule has 0 saturated heterocycles. The van der Waals surface area contributed by atoms with Gasteiger partial charge >= 0.3 is 0 Å². The zero-order valence-electron chi connectivity index (χ0n) is 31.5. The Morgan fingerprint density at radius 1 is 0.362 bits per heavy atom. The molecule has 1 aliphatic rings. The summed E-state index contributed by atoms with van der Waals surface area (Å²) >= 11 is 1.86. The highest BCUT2D eigenvalue weighted by atomic mass is 32.1. The SMILES string of the molecule is c1ccc(-c2ccc(N(c3ccc(-c4ccc5c(c4)-c4ccccc4C5c4ccc5c(c4)oc4ccccc45)cc3)c3ccc4c(c3)sc3ccccc34)cc2)cc1. The van der Waals surface area contributed by atoms with Gasteiger partial charge in [0.2, 0.25) is 0 Å². The average Bonchev–Trinajstić information content (AvgIpc) is 3.96. The maximum Gasteiger partial charge on any atom is 0.135 e. The Kier molecular flexibility index (Phi) is 7.51. The normalized spacial score (nSPS) is 13.3. The highest BCUT2D eigenvalue weighted by Gasteiger charge is 2.30. The van der Waals surface area contributed by atoms with Crippen LogP contribution in [0.3, 0.4) is 0 Å². The number of anilines is 3. The number of furan rings is 1. The molecule has 9 aromatic carbocycles. The van der Waals surface area contributed by atoms with E-state index in [1.165, 1.54) is 70.2 Å². The van der Waals surface area contributed by atoms with Crippen molar-refractivity contribution in [3.05, 3.63) is 223 Å². The van der Waals surface area contributed by atoms with E-state index in [2.05, 4.69) is 205 Å². The third kappa shape index (κ3) is 5.32. The van der Waals surface area contributed by atoms with Crippen LogP contribution < -0.4 is 4.90 Å². The van der Waals surface area contributed by atoms with Crippen LogP contribution in [0.25, 0.3) is 75.5 Å². The summed E-state index contributed by atoms with van der Waals surface area (Å²) in [5.74, 6) is 0.139. The van der Waals surface area contributed by atoms with Gasteiger partial charge in [-0.1, -0.05) is 146 Å². The standard InChI is InChI=1S/C55H35NOS/c1-2-10-35(11-3-1)36-18-24-40(25-19-36)56(42-28-31-47-46-14-7-9-17-53(46)58-54(47)34-42)41-26-20-37(21-27-41)38-22-30-49-50(32-38)43-12-4-5-15-48(43)55(49)39-23-29-45-44-13-6-8-16-51(44)57-52(45)33-39/h1-34,55H. The second-order valence-electron chi connectivity index (χ2n) is 15.2. The Hall–Kier alpha value is -7.20. The maximum absolute atomic E-state index is 6.34. The second kappa shape index (κ2) is 13.2. The van der Waals surface area contributed by atoms with Gasteiger partial charge in [-0.05, 0) is 111 Å². The van der Waals surface area contributed by atoms with Crippen molar-refractivity contribution < 1.29 is 4.42 Å². The van der Waals surface area contributed by atoms with E-state index < -0.39 is 0 Å². The lowest BCUT2D eigenvalue weighted by Crippen LogP contribution is -2.09. The Morgan fingerprint density at radius 2 is 0.948 bits per heavy atom. The van der Waals surface area contributed by atoms with Crippen LogP contribution in [0.1, 0.15) is 22.6 Å². The molecule has 272 valence electrons. The molecule has 1 aliphatic carbocycles. The van der Waals surface area contributed by atoms with Gasteiger partial charge in [-0.2, -0.15) is 0 Å². The third-order valence-corrected chi connectivity index (χ3v) is 13.1. The highest BCUT2D eigenvalue weighted by molar-refractivity contribution is 7.25. The van der Waals surface area contributed by atoms with Crippen molar-refractivity contribution in [1.82, 2.24) is 0 Å². The molecule has 0 radical (unpaired) electrons. The molecule has 2 heterocycles. The van der Waals surface area contributed by atoms with Crippen LogP contribution in [0.5, 0.6) is 0 Å². The van der Waals surface area contributed by atoms with Crippen molar-refractivity contribution in [2.24, 2.45) is 0 Å². The van der Waals surface area contributed by atoms with Crippen molar-refractivity contribution in [3.63, 3.8) is 0 Å². The molecule has 0 fully saturated rings. The summed E-state index contributed by atoms with van der Waals surface area (Å²) in [7, 11) is 0. The topological polar surface area (TPSA) is 16.4 Å². The molecule has 11 aromatic rings. The molecule has 12 rings (SSSR count). The van der Waals surface area contributed by atoms with Gasteiger partial charge in [0.1, 0.15) is 11.2 Å². The van der Waals surface area contributed by atoms with Crippen LogP contribution in [0.15, 0.2) is 211 Å². The molecule has 0 bridgehead atoms. The number of hydrogen-bond donors (Lipinski definition) is 0. The second-order valence-corrected chi connectivity index (χ2v) is 16.3. The molecule has 0 amide bonds. The van der Waals surface area contributed by atoms with Crippen molar-refractivity contribution in [1.29, 1.82) is 0 Å². The summed E-state index contributed by atoms with van der Waals surface area (Å²) < 4.78 is 8.94. The Morgan fingerprint density at radius 3 is 1.78 bits per heavy atom. The van der Waals surface area contributed by atoms with Crippen LogP contribution in [-0.4, -0.2) is 0 Å². The monoisotopic (exact) mass is 757 g/mol. The van der Waals surface area contributed by atoms with E-state index in [4.69, 9.17) is 4.42 Å². The maximum atomic E-state index is 6.34. The highest BCUT2D eigenvalue weighted by Crippen LogP contribution is 2.50. The number of para-hydroxylation sites is 1. The number of fused-ring (bicyclic) bond motifs is 9. The first-order valence-corrected chi connectivity index (χ1v) is 20.7. The van der Waals surface area contributed by atoms with E-state index >= 15 is 0 Å². The lowest BCUT2D eigenvalue weighted by molar-refractivity contribution is 0.668. The number of thiophene rings is 1. The van der Waals surface area contributed by atoms with E-state index in [0.29, 0.717) is 0 Å². The Labute approximate surface area is 340 Å². The first kappa shape index (κ1) is 33.0. The van der Waals surface area contributed by atoms with Crippen LogP contribution in [0, 0.1) is 0 Å². The lowest BCUT2D eigenvalue weighted by Gasteiger charge is -2.26. The zero-order chi connectivity index (χ0) is 38.2. The summed E-state index contributed by atoms with van der Waals surface area (Å²) in [4.78, 5) is 2.38. The fourth-order valence-corrected chi connectivity index (χ4v) is 10.3. The predicted molar refractivity (Wildman–Crippen MR) is 245 cm³/mol. The summed E-state index contributed by atoms with van der Waals surface area (Å²) in [6.07, 6.45) is 0. The van der Waals surface area contributed by atoms with Crippen LogP contribution in [0.4, 0.5) is 17.1 Å². The van der Waals surface area contributed by atoms with Gasteiger partial charge in [-0.25, -0.2) is 0 Å². The Balaban J connectivity index is 0.923. The molecular weight excluding hydrogens is 723 g/mol. The van der Waals surface area contributed by atoms with Gasteiger partial charge in [0.25, 0.3) is 0 Å². The Bertz CT molecular complexity index is 3340. The van der Waals surface area contributed by atoms with Gasteiger partial charge in [-0.3, -0.25) is 0 Å². The largest absolute Gasteiger partial charge is 0.456 e. The summed E-state index contributed by atoms with van der Waals surface area (Å²) in [6.45, 7) is 0. The third-order valence-electron chi connectivity index (χ3n) is 12.0. The molecule has 1 unspecified atom stereocenters. The fraction of sp³-hybridized carbons (Fsp3) is 0.0182. The molecule has 2 nitrogen and oxygen atoms in total. The average molecular weight is 758 g/mol. The van der Waals surface area contributed by atoms with E-state index in [9.17, 15) is 0 Å². The van der Waals surface area contributed by atoms with Crippen LogP contribution >= 0.6 is 11.3 Å². The molecule has 0 aliphatic heterocycles. The first-order chi connectivity index (χ1) is 28.7. The summed E-state index contributed by atoms with van der Waals surface area (Å²) in [5, 5.41) is 4.93. The molecule has 2 aromatic heterocycles. The van der Waals surface area contributed by atoms with Crippen LogP contribution in [-0.2, 0) is 0 Å².